The van der Waals surface area contributed by atoms with Gasteiger partial charge in [0.15, 0.2) is 5.75 Å². The number of benzene rings is 1. The topological polar surface area (TPSA) is 120 Å². The molecule has 0 spiro atoms. The first kappa shape index (κ1) is 18.8. The van der Waals surface area contributed by atoms with Crippen molar-refractivity contribution in [3.63, 3.8) is 0 Å². The fraction of sp³-hybridized carbons (Fsp3) is 0.214. The van der Waals surface area contributed by atoms with Gasteiger partial charge in [0, 0.05) is 28.9 Å². The van der Waals surface area contributed by atoms with Crippen molar-refractivity contribution in [2.45, 2.75) is 25.0 Å². The highest BCUT2D eigenvalue weighted by Crippen LogP contribution is 2.34. The molecule has 10 heteroatoms. The minimum Gasteiger partial charge on any atom is -0.506 e. The molecule has 0 bridgehead atoms. The number of phenols is 1. The first-order valence-electron chi connectivity index (χ1n) is 6.62. The average molecular weight is 393 g/mol. The zero-order valence-electron chi connectivity index (χ0n) is 12.4. The van der Waals surface area contributed by atoms with Gasteiger partial charge >= 0.3 is 0 Å². The fourth-order valence-electron chi connectivity index (χ4n) is 2.01. The van der Waals surface area contributed by atoms with Crippen molar-refractivity contribution in [1.82, 2.24) is 9.71 Å². The normalized spacial score (nSPS) is 11.7. The van der Waals surface area contributed by atoms with Gasteiger partial charge in [-0.3, -0.25) is 4.98 Å². The highest BCUT2D eigenvalue weighted by molar-refractivity contribution is 7.89. The molecule has 0 aliphatic rings. The number of halogens is 2. The minimum atomic E-state index is -4.17. The molecule has 0 saturated heterocycles. The molecule has 0 aliphatic heterocycles. The molecule has 0 amide bonds. The molecular formula is C14H14Cl2N2O5S. The Morgan fingerprint density at radius 1 is 1.21 bits per heavy atom. The van der Waals surface area contributed by atoms with Crippen LogP contribution in [0.15, 0.2) is 23.2 Å². The SMILES string of the molecule is Cc1ncc(CO)c(CNS(=O)(=O)c2cc(Cl)cc(Cl)c2O)c1O. The second kappa shape index (κ2) is 7.12. The molecule has 2 aromatic rings. The third-order valence-electron chi connectivity index (χ3n) is 3.32. The Balaban J connectivity index is 2.38. The van der Waals surface area contributed by atoms with E-state index in [-0.39, 0.29) is 39.2 Å². The van der Waals surface area contributed by atoms with Crippen LogP contribution >= 0.6 is 23.2 Å². The summed E-state index contributed by atoms with van der Waals surface area (Å²) in [6.07, 6.45) is 1.34. The summed E-state index contributed by atoms with van der Waals surface area (Å²) >= 11 is 11.5. The molecule has 0 fully saturated rings. The number of rotatable bonds is 5. The number of phenolic OH excluding ortho intramolecular Hbond substituents is 1. The maximum absolute atomic E-state index is 12.4. The molecular weight excluding hydrogens is 379 g/mol. The largest absolute Gasteiger partial charge is 0.506 e. The van der Waals surface area contributed by atoms with Gasteiger partial charge in [0.05, 0.1) is 17.3 Å². The van der Waals surface area contributed by atoms with Crippen molar-refractivity contribution in [3.05, 3.63) is 45.2 Å². The summed E-state index contributed by atoms with van der Waals surface area (Å²) in [5.41, 5.74) is 0.741. The van der Waals surface area contributed by atoms with Gasteiger partial charge in [-0.1, -0.05) is 23.2 Å². The van der Waals surface area contributed by atoms with Crippen LogP contribution in [0.1, 0.15) is 16.8 Å². The molecule has 4 N–H and O–H groups in total. The van der Waals surface area contributed by atoms with Crippen LogP contribution in [0, 0.1) is 6.92 Å². The highest BCUT2D eigenvalue weighted by atomic mass is 35.5. The van der Waals surface area contributed by atoms with Gasteiger partial charge in [0.2, 0.25) is 10.0 Å². The first-order chi connectivity index (χ1) is 11.2. The predicted molar refractivity (Wildman–Crippen MR) is 88.7 cm³/mol. The van der Waals surface area contributed by atoms with E-state index in [1.54, 1.807) is 0 Å². The molecule has 0 unspecified atom stereocenters. The van der Waals surface area contributed by atoms with E-state index in [0.29, 0.717) is 0 Å². The molecule has 1 heterocycles. The van der Waals surface area contributed by atoms with E-state index in [2.05, 4.69) is 9.71 Å². The van der Waals surface area contributed by atoms with Crippen LogP contribution in [0.2, 0.25) is 10.0 Å². The molecule has 0 radical (unpaired) electrons. The molecule has 2 rings (SSSR count). The average Bonchev–Trinajstić information content (AvgIpc) is 2.52. The van der Waals surface area contributed by atoms with E-state index < -0.39 is 27.3 Å². The molecule has 0 aliphatic carbocycles. The van der Waals surface area contributed by atoms with Crippen molar-refractivity contribution in [1.29, 1.82) is 0 Å². The van der Waals surface area contributed by atoms with E-state index in [0.717, 1.165) is 6.07 Å². The highest BCUT2D eigenvalue weighted by Gasteiger charge is 2.23. The Hall–Kier alpha value is -1.58. The monoisotopic (exact) mass is 392 g/mol. The lowest BCUT2D eigenvalue weighted by molar-refractivity contribution is 0.279. The Morgan fingerprint density at radius 3 is 2.50 bits per heavy atom. The van der Waals surface area contributed by atoms with Crippen LogP contribution in [-0.4, -0.2) is 28.7 Å². The summed E-state index contributed by atoms with van der Waals surface area (Å²) < 4.78 is 27.0. The molecule has 0 atom stereocenters. The van der Waals surface area contributed by atoms with Crippen LogP contribution in [0.5, 0.6) is 11.5 Å². The summed E-state index contributed by atoms with van der Waals surface area (Å²) in [4.78, 5) is 3.40. The molecule has 1 aromatic carbocycles. The van der Waals surface area contributed by atoms with E-state index in [1.807, 2.05) is 0 Å². The van der Waals surface area contributed by atoms with Crippen LogP contribution in [-0.2, 0) is 23.2 Å². The zero-order valence-corrected chi connectivity index (χ0v) is 14.7. The molecule has 0 saturated carbocycles. The smallest absolute Gasteiger partial charge is 0.244 e. The number of aliphatic hydroxyl groups excluding tert-OH is 1. The Morgan fingerprint density at radius 2 is 1.88 bits per heavy atom. The van der Waals surface area contributed by atoms with Gasteiger partial charge < -0.3 is 15.3 Å². The number of pyridine rings is 1. The molecule has 24 heavy (non-hydrogen) atoms. The van der Waals surface area contributed by atoms with E-state index in [1.165, 1.54) is 19.2 Å². The summed E-state index contributed by atoms with van der Waals surface area (Å²) in [6, 6.07) is 2.26. The second-order valence-corrected chi connectivity index (χ2v) is 7.49. The summed E-state index contributed by atoms with van der Waals surface area (Å²) in [7, 11) is -4.17. The molecule has 7 nitrogen and oxygen atoms in total. The number of aliphatic hydroxyl groups is 1. The molecule has 130 valence electrons. The summed E-state index contributed by atoms with van der Waals surface area (Å²) in [5.74, 6) is -0.858. The van der Waals surface area contributed by atoms with Crippen LogP contribution < -0.4 is 4.72 Å². The van der Waals surface area contributed by atoms with Crippen LogP contribution in [0.4, 0.5) is 0 Å². The van der Waals surface area contributed by atoms with Gasteiger partial charge in [-0.05, 0) is 19.1 Å². The number of aromatic hydroxyl groups is 2. The zero-order chi connectivity index (χ0) is 18.1. The maximum Gasteiger partial charge on any atom is 0.244 e. The van der Waals surface area contributed by atoms with Crippen molar-refractivity contribution in [2.24, 2.45) is 0 Å². The van der Waals surface area contributed by atoms with E-state index in [4.69, 9.17) is 23.2 Å². The Kier molecular flexibility index (Phi) is 5.56. The maximum atomic E-state index is 12.4. The lowest BCUT2D eigenvalue weighted by Crippen LogP contribution is -2.24. The first-order valence-corrected chi connectivity index (χ1v) is 8.86. The van der Waals surface area contributed by atoms with Gasteiger partial charge in [-0.15, -0.1) is 0 Å². The quantitative estimate of drug-likeness (QED) is 0.618. The lowest BCUT2D eigenvalue weighted by atomic mass is 10.1. The van der Waals surface area contributed by atoms with E-state index >= 15 is 0 Å². The number of hydrogen-bond acceptors (Lipinski definition) is 6. The van der Waals surface area contributed by atoms with Crippen molar-refractivity contribution >= 4 is 33.2 Å². The Labute approximate surface area is 148 Å². The lowest BCUT2D eigenvalue weighted by Gasteiger charge is -2.13. The summed E-state index contributed by atoms with van der Waals surface area (Å²) in [6.45, 7) is 0.792. The number of nitrogens with zero attached hydrogens (tertiary/aromatic N) is 1. The van der Waals surface area contributed by atoms with Crippen molar-refractivity contribution in [3.8, 4) is 11.5 Å². The van der Waals surface area contributed by atoms with Crippen LogP contribution in [0.3, 0.4) is 0 Å². The van der Waals surface area contributed by atoms with Gasteiger partial charge in [0.25, 0.3) is 0 Å². The predicted octanol–water partition coefficient (Wildman–Crippen LogP) is 2.08. The minimum absolute atomic E-state index is 0.0387. The third kappa shape index (κ3) is 3.73. The number of sulfonamides is 1. The number of aryl methyl sites for hydroxylation is 1. The van der Waals surface area contributed by atoms with Gasteiger partial charge in [-0.2, -0.15) is 0 Å². The van der Waals surface area contributed by atoms with Gasteiger partial charge in [0.1, 0.15) is 10.6 Å². The Bertz CT molecular complexity index is 887. The van der Waals surface area contributed by atoms with Gasteiger partial charge in [-0.25, -0.2) is 13.1 Å². The number of nitrogens with one attached hydrogen (secondary N) is 1. The number of hydrogen-bond donors (Lipinski definition) is 4. The van der Waals surface area contributed by atoms with E-state index in [9.17, 15) is 23.7 Å². The third-order valence-corrected chi connectivity index (χ3v) is 5.24. The standard InChI is InChI=1S/C14H14Cl2N2O5S/c1-7-13(20)10(8(6-19)4-17-7)5-18-24(22,23)12-3-9(15)2-11(16)14(12)21/h2-4,18-21H,5-6H2,1H3. The van der Waals surface area contributed by atoms with Crippen molar-refractivity contribution < 1.29 is 23.7 Å². The van der Waals surface area contributed by atoms with Crippen molar-refractivity contribution in [2.75, 3.05) is 0 Å². The van der Waals surface area contributed by atoms with Crippen LogP contribution in [0.25, 0.3) is 0 Å². The summed E-state index contributed by atoms with van der Waals surface area (Å²) in [5, 5.41) is 29.0. The second-order valence-electron chi connectivity index (χ2n) is 4.91. The molecule has 1 aromatic heterocycles. The number of aromatic nitrogens is 1. The fourth-order valence-corrected chi connectivity index (χ4v) is 3.76.